The molecule has 0 saturated carbocycles. The number of benzene rings is 3. The molecular formula is C26H28ClN3O6S. The van der Waals surface area contributed by atoms with E-state index in [4.69, 9.17) is 16.3 Å². The van der Waals surface area contributed by atoms with Gasteiger partial charge in [0.2, 0.25) is 5.91 Å². The van der Waals surface area contributed by atoms with Crippen LogP contribution in [0.4, 0.5) is 11.4 Å². The van der Waals surface area contributed by atoms with Gasteiger partial charge in [-0.15, -0.1) is 0 Å². The molecule has 9 nitrogen and oxygen atoms in total. The largest absolute Gasteiger partial charge is 0.495 e. The number of anilines is 1. The second-order valence-electron chi connectivity index (χ2n) is 8.68. The first-order valence-corrected chi connectivity index (χ1v) is 13.1. The van der Waals surface area contributed by atoms with Gasteiger partial charge in [0.1, 0.15) is 12.3 Å². The van der Waals surface area contributed by atoms with Crippen LogP contribution in [-0.2, 0) is 14.8 Å². The van der Waals surface area contributed by atoms with Crippen LogP contribution in [0.25, 0.3) is 0 Å². The molecule has 1 N–H and O–H groups in total. The van der Waals surface area contributed by atoms with Crippen molar-refractivity contribution in [1.29, 1.82) is 0 Å². The number of rotatable bonds is 9. The minimum Gasteiger partial charge on any atom is -0.495 e. The van der Waals surface area contributed by atoms with E-state index in [1.807, 2.05) is 32.0 Å². The Morgan fingerprint density at radius 2 is 1.78 bits per heavy atom. The highest BCUT2D eigenvalue weighted by Gasteiger charge is 2.31. The molecule has 196 valence electrons. The normalized spacial score (nSPS) is 12.1. The molecular weight excluding hydrogens is 518 g/mol. The third-order valence-corrected chi connectivity index (χ3v) is 7.92. The molecule has 0 aromatic heterocycles. The number of hydrogen-bond donors (Lipinski definition) is 1. The number of carbonyl (C=O) groups is 1. The van der Waals surface area contributed by atoms with E-state index in [0.717, 1.165) is 27.1 Å². The Morgan fingerprint density at radius 3 is 2.41 bits per heavy atom. The van der Waals surface area contributed by atoms with Gasteiger partial charge in [-0.1, -0.05) is 41.4 Å². The number of nitro benzene ring substituents is 1. The Labute approximate surface area is 221 Å². The number of carbonyl (C=O) groups excluding carboxylic acids is 1. The molecule has 11 heteroatoms. The van der Waals surface area contributed by atoms with E-state index in [-0.39, 0.29) is 27.0 Å². The molecule has 1 amide bonds. The number of nitrogens with zero attached hydrogens (tertiary/aromatic N) is 2. The molecule has 0 saturated heterocycles. The van der Waals surface area contributed by atoms with Crippen LogP contribution in [0.1, 0.15) is 35.2 Å². The maximum atomic E-state index is 13.8. The molecule has 0 spiro atoms. The number of nitro groups is 1. The lowest BCUT2D eigenvalue weighted by Crippen LogP contribution is -2.41. The van der Waals surface area contributed by atoms with E-state index in [1.165, 1.54) is 44.4 Å². The van der Waals surface area contributed by atoms with Crippen LogP contribution in [0.5, 0.6) is 5.75 Å². The molecule has 1 atom stereocenters. The van der Waals surface area contributed by atoms with Gasteiger partial charge in [-0.25, -0.2) is 8.42 Å². The topological polar surface area (TPSA) is 119 Å². The van der Waals surface area contributed by atoms with Crippen molar-refractivity contribution in [3.63, 3.8) is 0 Å². The van der Waals surface area contributed by atoms with Gasteiger partial charge in [0.05, 0.1) is 28.7 Å². The number of halogens is 1. The highest BCUT2D eigenvalue weighted by Crippen LogP contribution is 2.35. The summed E-state index contributed by atoms with van der Waals surface area (Å²) in [6.07, 6.45) is 0. The van der Waals surface area contributed by atoms with Gasteiger partial charge >= 0.3 is 0 Å². The fourth-order valence-corrected chi connectivity index (χ4v) is 5.65. The van der Waals surface area contributed by atoms with Crippen LogP contribution in [-0.4, -0.2) is 32.9 Å². The summed E-state index contributed by atoms with van der Waals surface area (Å²) in [4.78, 5) is 23.6. The molecule has 0 bridgehead atoms. The lowest BCUT2D eigenvalue weighted by Gasteiger charge is -2.27. The standard InChI is InChI=1S/C26H28ClN3O6S/c1-16-6-10-22(18(3)12-16)19(4)28-26(31)15-29(24-13-20(27)8-11-25(24)36-5)37(34,35)21-9-7-17(2)23(14-21)30(32)33/h6-14,19H,15H2,1-5H3,(H,28,31)/t19-/m0/s1. The van der Waals surface area contributed by atoms with Gasteiger partial charge in [0, 0.05) is 16.7 Å². The Morgan fingerprint density at radius 1 is 1.08 bits per heavy atom. The number of ether oxygens (including phenoxy) is 1. The smallest absolute Gasteiger partial charge is 0.273 e. The molecule has 37 heavy (non-hydrogen) atoms. The molecule has 3 rings (SSSR count). The van der Waals surface area contributed by atoms with E-state index < -0.39 is 33.4 Å². The van der Waals surface area contributed by atoms with Gasteiger partial charge in [-0.05, 0) is 63.1 Å². The zero-order valence-electron chi connectivity index (χ0n) is 21.1. The summed E-state index contributed by atoms with van der Waals surface area (Å²) < 4.78 is 33.8. The molecule has 0 heterocycles. The van der Waals surface area contributed by atoms with Crippen LogP contribution in [0.15, 0.2) is 59.5 Å². The average molecular weight is 546 g/mol. The molecule has 0 aliphatic carbocycles. The fourth-order valence-electron chi connectivity index (χ4n) is 4.04. The number of nitrogens with one attached hydrogen (secondary N) is 1. The quantitative estimate of drug-likeness (QED) is 0.289. The maximum absolute atomic E-state index is 13.8. The number of amides is 1. The Balaban J connectivity index is 2.05. The summed E-state index contributed by atoms with van der Waals surface area (Å²) in [7, 11) is -3.10. The van der Waals surface area contributed by atoms with E-state index in [2.05, 4.69) is 5.32 Å². The zero-order chi connectivity index (χ0) is 27.5. The summed E-state index contributed by atoms with van der Waals surface area (Å²) in [6, 6.07) is 13.4. The van der Waals surface area contributed by atoms with E-state index in [0.29, 0.717) is 5.56 Å². The van der Waals surface area contributed by atoms with Crippen molar-refractivity contribution < 1.29 is 22.9 Å². The predicted molar refractivity (Wildman–Crippen MR) is 143 cm³/mol. The van der Waals surface area contributed by atoms with Crippen molar-refractivity contribution in [2.75, 3.05) is 18.0 Å². The Hall–Kier alpha value is -3.63. The van der Waals surface area contributed by atoms with Gasteiger partial charge in [-0.3, -0.25) is 19.2 Å². The van der Waals surface area contributed by atoms with Crippen LogP contribution >= 0.6 is 11.6 Å². The van der Waals surface area contributed by atoms with Gasteiger partial charge < -0.3 is 10.1 Å². The van der Waals surface area contributed by atoms with Crippen molar-refractivity contribution in [2.24, 2.45) is 0 Å². The van der Waals surface area contributed by atoms with E-state index >= 15 is 0 Å². The number of sulfonamides is 1. The molecule has 0 aliphatic rings. The van der Waals surface area contributed by atoms with Crippen molar-refractivity contribution in [1.82, 2.24) is 5.32 Å². The summed E-state index contributed by atoms with van der Waals surface area (Å²) in [5.74, 6) is -0.426. The van der Waals surface area contributed by atoms with Crippen LogP contribution in [0, 0.1) is 30.9 Å². The fraction of sp³-hybridized carbons (Fsp3) is 0.269. The maximum Gasteiger partial charge on any atom is 0.273 e. The van der Waals surface area contributed by atoms with Crippen molar-refractivity contribution >= 4 is 38.9 Å². The summed E-state index contributed by atoms with van der Waals surface area (Å²) in [5, 5.41) is 14.5. The summed E-state index contributed by atoms with van der Waals surface area (Å²) >= 11 is 6.17. The monoisotopic (exact) mass is 545 g/mol. The van der Waals surface area contributed by atoms with Crippen LogP contribution < -0.4 is 14.4 Å². The highest BCUT2D eigenvalue weighted by molar-refractivity contribution is 7.92. The Kier molecular flexibility index (Phi) is 8.45. The molecule has 0 radical (unpaired) electrons. The van der Waals surface area contributed by atoms with Gasteiger partial charge in [0.25, 0.3) is 15.7 Å². The molecule has 0 unspecified atom stereocenters. The van der Waals surface area contributed by atoms with E-state index in [9.17, 15) is 23.3 Å². The molecule has 3 aromatic rings. The minimum absolute atomic E-state index is 0.0209. The highest BCUT2D eigenvalue weighted by atomic mass is 35.5. The molecule has 0 aliphatic heterocycles. The molecule has 0 fully saturated rings. The summed E-state index contributed by atoms with van der Waals surface area (Å²) in [5.41, 5.74) is 2.93. The number of hydrogen-bond acceptors (Lipinski definition) is 6. The second-order valence-corrected chi connectivity index (χ2v) is 11.0. The summed E-state index contributed by atoms with van der Waals surface area (Å²) in [6.45, 7) is 6.60. The first kappa shape index (κ1) is 27.9. The predicted octanol–water partition coefficient (Wildman–Crippen LogP) is 5.25. The molecule has 3 aromatic carbocycles. The minimum atomic E-state index is -4.46. The van der Waals surface area contributed by atoms with Crippen molar-refractivity contribution in [3.8, 4) is 5.75 Å². The second kappa shape index (κ2) is 11.2. The Bertz CT molecular complexity index is 1460. The first-order chi connectivity index (χ1) is 17.3. The number of aryl methyl sites for hydroxylation is 3. The third kappa shape index (κ3) is 6.20. The van der Waals surface area contributed by atoms with E-state index in [1.54, 1.807) is 6.92 Å². The SMILES string of the molecule is COc1ccc(Cl)cc1N(CC(=O)N[C@@H](C)c1ccc(C)cc1C)S(=O)(=O)c1ccc(C)c([N+](=O)[O-])c1. The van der Waals surface area contributed by atoms with Crippen molar-refractivity contribution in [3.05, 3.63) is 92.0 Å². The average Bonchev–Trinajstić information content (AvgIpc) is 2.82. The lowest BCUT2D eigenvalue weighted by molar-refractivity contribution is -0.385. The third-order valence-electron chi connectivity index (χ3n) is 5.93. The van der Waals surface area contributed by atoms with Gasteiger partial charge in [0.15, 0.2) is 0 Å². The van der Waals surface area contributed by atoms with Crippen LogP contribution in [0.3, 0.4) is 0 Å². The number of methoxy groups -OCH3 is 1. The van der Waals surface area contributed by atoms with Gasteiger partial charge in [-0.2, -0.15) is 0 Å². The zero-order valence-corrected chi connectivity index (χ0v) is 22.7. The lowest BCUT2D eigenvalue weighted by atomic mass is 10.0. The van der Waals surface area contributed by atoms with Crippen LogP contribution in [0.2, 0.25) is 5.02 Å². The van der Waals surface area contributed by atoms with Crippen molar-refractivity contribution in [2.45, 2.75) is 38.6 Å². The first-order valence-electron chi connectivity index (χ1n) is 11.3.